The predicted octanol–water partition coefficient (Wildman–Crippen LogP) is 7.18. The van der Waals surface area contributed by atoms with E-state index in [-0.39, 0.29) is 12.5 Å². The van der Waals surface area contributed by atoms with E-state index in [2.05, 4.69) is 11.4 Å². The van der Waals surface area contributed by atoms with Gasteiger partial charge in [0.05, 0.1) is 45.8 Å². The van der Waals surface area contributed by atoms with Crippen molar-refractivity contribution in [3.05, 3.63) is 93.4 Å². The number of halogens is 3. The lowest BCUT2D eigenvalue weighted by molar-refractivity contribution is -0.137. The average Bonchev–Trinajstić information content (AvgIpc) is 3.41. The highest BCUT2D eigenvalue weighted by Gasteiger charge is 2.39. The molecule has 0 atom stereocenters. The van der Waals surface area contributed by atoms with Crippen molar-refractivity contribution in [2.45, 2.75) is 24.5 Å². The topological polar surface area (TPSA) is 71.7 Å². The number of amidine groups is 1. The van der Waals surface area contributed by atoms with E-state index in [4.69, 9.17) is 4.99 Å². The number of thioether (sulfide) groups is 2. The third kappa shape index (κ3) is 5.35. The number of benzene rings is 3. The highest BCUT2D eigenvalue weighted by Crippen LogP contribution is 2.50. The molecule has 0 saturated carbocycles. The van der Waals surface area contributed by atoms with Crippen LogP contribution in [-0.4, -0.2) is 29.6 Å². The van der Waals surface area contributed by atoms with Gasteiger partial charge in [-0.25, -0.2) is 4.99 Å². The maximum Gasteiger partial charge on any atom is 0.416 e. The number of hydrogen-bond acceptors (Lipinski definition) is 7. The van der Waals surface area contributed by atoms with Crippen molar-refractivity contribution in [3.8, 4) is 6.07 Å². The number of carbonyl (C=O) groups excluding carboxylic acids is 1. The highest BCUT2D eigenvalue weighted by molar-refractivity contribution is 8.19. The van der Waals surface area contributed by atoms with E-state index in [1.54, 1.807) is 24.3 Å². The second-order valence-corrected chi connectivity index (χ2v) is 10.7. The molecule has 198 valence electrons. The molecule has 0 aliphatic carbocycles. The summed E-state index contributed by atoms with van der Waals surface area (Å²) in [6.07, 6.45) is -4.50. The van der Waals surface area contributed by atoms with Crippen LogP contribution in [0.4, 0.5) is 30.2 Å². The van der Waals surface area contributed by atoms with Crippen LogP contribution in [0.25, 0.3) is 0 Å². The molecule has 5 rings (SSSR count). The third-order valence-electron chi connectivity index (χ3n) is 6.10. The largest absolute Gasteiger partial charge is 0.416 e. The van der Waals surface area contributed by atoms with Crippen LogP contribution in [0.5, 0.6) is 0 Å². The van der Waals surface area contributed by atoms with Gasteiger partial charge in [-0.1, -0.05) is 36.0 Å². The quantitative estimate of drug-likeness (QED) is 0.331. The molecule has 3 aromatic rings. The van der Waals surface area contributed by atoms with E-state index >= 15 is 0 Å². The molecule has 11 heteroatoms. The Hall–Kier alpha value is -3.88. The molecular weight excluding hydrogens is 543 g/mol. The molecule has 1 fully saturated rings. The highest BCUT2D eigenvalue weighted by atomic mass is 32.2. The Morgan fingerprint density at radius 1 is 1.05 bits per heavy atom. The first-order chi connectivity index (χ1) is 18.7. The molecule has 2 aliphatic heterocycles. The number of aliphatic imine (C=N–C) groups is 1. The summed E-state index contributed by atoms with van der Waals surface area (Å²) in [5, 5.41) is 13.7. The number of nitrogens with one attached hydrogen (secondary N) is 1. The van der Waals surface area contributed by atoms with Crippen LogP contribution in [0.3, 0.4) is 0 Å². The zero-order chi connectivity index (χ0) is 27.7. The summed E-state index contributed by atoms with van der Waals surface area (Å²) in [7, 11) is 1.88. The van der Waals surface area contributed by atoms with E-state index in [1.807, 2.05) is 43.1 Å². The van der Waals surface area contributed by atoms with Crippen LogP contribution in [0.1, 0.15) is 23.6 Å². The van der Waals surface area contributed by atoms with Crippen molar-refractivity contribution in [2.75, 3.05) is 23.8 Å². The molecule has 0 aromatic heterocycles. The zero-order valence-electron chi connectivity index (χ0n) is 20.9. The van der Waals surface area contributed by atoms with Gasteiger partial charge in [-0.3, -0.25) is 9.69 Å². The number of nitrogens with zero attached hydrogens (tertiary/aromatic N) is 4. The van der Waals surface area contributed by atoms with Crippen LogP contribution in [0.15, 0.2) is 86.6 Å². The van der Waals surface area contributed by atoms with Gasteiger partial charge < -0.3 is 10.2 Å². The van der Waals surface area contributed by atoms with Crippen LogP contribution in [0, 0.1) is 11.3 Å². The molecule has 6 nitrogen and oxygen atoms in total. The lowest BCUT2D eigenvalue weighted by Crippen LogP contribution is -2.29. The molecule has 2 heterocycles. The number of fused-ring (bicyclic) bond motifs is 1. The van der Waals surface area contributed by atoms with Gasteiger partial charge in [0.25, 0.3) is 5.91 Å². The Labute approximate surface area is 232 Å². The standard InChI is InChI=1S/C28H22F3N5OS2/c1-3-33-20-12-11-17(15-32)14-21(20)34-27-36(16-18-7-6-8-19(13-18)28(29,30)31)25(37)24(39-27)26-35(2)22-9-4-5-10-23(22)38-26/h4-14,33H,3,16H2,1-2H3. The Morgan fingerprint density at radius 2 is 1.85 bits per heavy atom. The first kappa shape index (κ1) is 26.7. The fourth-order valence-electron chi connectivity index (χ4n) is 4.22. The van der Waals surface area contributed by atoms with Crippen molar-refractivity contribution in [1.29, 1.82) is 5.26 Å². The van der Waals surface area contributed by atoms with E-state index in [9.17, 15) is 23.2 Å². The Morgan fingerprint density at radius 3 is 2.56 bits per heavy atom. The molecule has 0 unspecified atom stereocenters. The molecular formula is C28H22F3N5OS2. The molecule has 1 amide bonds. The molecule has 0 bridgehead atoms. The summed E-state index contributed by atoms with van der Waals surface area (Å²) >= 11 is 2.64. The molecule has 3 aromatic carbocycles. The van der Waals surface area contributed by atoms with E-state index in [0.717, 1.165) is 27.7 Å². The minimum atomic E-state index is -4.50. The lowest BCUT2D eigenvalue weighted by Gasteiger charge is -2.18. The molecule has 39 heavy (non-hydrogen) atoms. The van der Waals surface area contributed by atoms with Crippen molar-refractivity contribution < 1.29 is 18.0 Å². The first-order valence-electron chi connectivity index (χ1n) is 12.0. The van der Waals surface area contributed by atoms with Crippen LogP contribution in [0.2, 0.25) is 0 Å². The Kier molecular flexibility index (Phi) is 7.34. The second kappa shape index (κ2) is 10.7. The number of hydrogen-bond donors (Lipinski definition) is 1. The maximum atomic E-state index is 13.8. The van der Waals surface area contributed by atoms with Gasteiger partial charge in [0.1, 0.15) is 4.91 Å². The molecule has 1 saturated heterocycles. The molecule has 0 spiro atoms. The summed E-state index contributed by atoms with van der Waals surface area (Å²) < 4.78 is 40.2. The van der Waals surface area contributed by atoms with Gasteiger partial charge in [-0.15, -0.1) is 0 Å². The van der Waals surface area contributed by atoms with Crippen molar-refractivity contribution in [3.63, 3.8) is 0 Å². The molecule has 1 N–H and O–H groups in total. The van der Waals surface area contributed by atoms with Gasteiger partial charge in [-0.2, -0.15) is 18.4 Å². The van der Waals surface area contributed by atoms with Gasteiger partial charge in [0.15, 0.2) is 5.17 Å². The van der Waals surface area contributed by atoms with Gasteiger partial charge in [0, 0.05) is 18.5 Å². The van der Waals surface area contributed by atoms with Crippen LogP contribution < -0.4 is 10.2 Å². The summed E-state index contributed by atoms with van der Waals surface area (Å²) in [5.41, 5.74) is 2.04. The van der Waals surface area contributed by atoms with Crippen molar-refractivity contribution in [1.82, 2.24) is 4.90 Å². The van der Waals surface area contributed by atoms with E-state index in [1.165, 1.54) is 34.5 Å². The van der Waals surface area contributed by atoms with Crippen LogP contribution >= 0.6 is 23.5 Å². The van der Waals surface area contributed by atoms with Crippen molar-refractivity contribution >= 4 is 51.7 Å². The number of anilines is 2. The minimum Gasteiger partial charge on any atom is -0.384 e. The van der Waals surface area contributed by atoms with E-state index in [0.29, 0.717) is 39.1 Å². The van der Waals surface area contributed by atoms with Gasteiger partial charge in [0.2, 0.25) is 0 Å². The monoisotopic (exact) mass is 565 g/mol. The van der Waals surface area contributed by atoms with Crippen LogP contribution in [-0.2, 0) is 17.5 Å². The number of amides is 1. The smallest absolute Gasteiger partial charge is 0.384 e. The second-order valence-electron chi connectivity index (χ2n) is 8.72. The van der Waals surface area contributed by atoms with Gasteiger partial charge in [-0.05, 0) is 66.7 Å². The minimum absolute atomic E-state index is 0.0961. The third-order valence-corrected chi connectivity index (χ3v) is 8.53. The lowest BCUT2D eigenvalue weighted by atomic mass is 10.1. The Balaban J connectivity index is 1.60. The fourth-order valence-corrected chi connectivity index (χ4v) is 6.56. The summed E-state index contributed by atoms with van der Waals surface area (Å²) in [6.45, 7) is 2.44. The normalized spacial score (nSPS) is 18.1. The summed E-state index contributed by atoms with van der Waals surface area (Å²) in [5.74, 6) is -0.347. The Bertz CT molecular complexity index is 1560. The zero-order valence-corrected chi connectivity index (χ0v) is 22.5. The van der Waals surface area contributed by atoms with Crippen molar-refractivity contribution in [2.24, 2.45) is 4.99 Å². The number of rotatable bonds is 5. The number of alkyl halides is 3. The number of nitriles is 1. The van der Waals surface area contributed by atoms with Gasteiger partial charge >= 0.3 is 6.18 Å². The molecule has 0 radical (unpaired) electrons. The number of carbonyl (C=O) groups is 1. The maximum absolute atomic E-state index is 13.8. The SMILES string of the molecule is CCNc1ccc(C#N)cc1N=C1SC(=C2Sc3ccccc3N2C)C(=O)N1Cc1cccc(C(F)(F)F)c1. The fraction of sp³-hybridized carbons (Fsp3) is 0.179. The summed E-state index contributed by atoms with van der Waals surface area (Å²) in [4.78, 5) is 23.4. The van der Waals surface area contributed by atoms with E-state index < -0.39 is 11.7 Å². The first-order valence-corrected chi connectivity index (χ1v) is 13.6. The molecule has 2 aliphatic rings. The summed E-state index contributed by atoms with van der Waals surface area (Å²) in [6, 6.07) is 19.9. The number of para-hydroxylation sites is 1. The average molecular weight is 566 g/mol. The predicted molar refractivity (Wildman–Crippen MR) is 150 cm³/mol.